The van der Waals surface area contributed by atoms with Gasteiger partial charge in [0.25, 0.3) is 0 Å². The van der Waals surface area contributed by atoms with E-state index in [1.54, 1.807) is 4.90 Å². The van der Waals surface area contributed by atoms with Gasteiger partial charge in [-0.2, -0.15) is 0 Å². The number of amides is 9. The molecule has 11 N–H and O–H groups in total. The van der Waals surface area contributed by atoms with Gasteiger partial charge in [0.2, 0.25) is 5.91 Å². The number of carbonyl (C=O) groups is 7. The molecule has 0 aliphatic heterocycles. The number of carbonyl (C=O) groups excluding carboxylic acids is 5. The molecular formula is C56H88Br2N10O9. The Balaban J connectivity index is 1.74. The van der Waals surface area contributed by atoms with Gasteiger partial charge in [0.05, 0.1) is 12.1 Å². The summed E-state index contributed by atoms with van der Waals surface area (Å²) in [5.74, 6) is -1.94. The molecule has 19 nitrogen and oxygen atoms in total. The number of nitrogens with two attached hydrogens (primary N) is 2. The molecule has 9 amide bonds. The van der Waals surface area contributed by atoms with Crippen LogP contribution in [0.5, 0.6) is 0 Å². The van der Waals surface area contributed by atoms with Crippen molar-refractivity contribution < 1.29 is 43.8 Å². The van der Waals surface area contributed by atoms with Crippen LogP contribution >= 0.6 is 31.9 Å². The Morgan fingerprint density at radius 2 is 1.10 bits per heavy atom. The number of hydrogen-bond donors (Lipinski definition) is 9. The fourth-order valence-electron chi connectivity index (χ4n) is 10.4. The number of urea groups is 4. The summed E-state index contributed by atoms with van der Waals surface area (Å²) in [6.45, 7) is 1.08. The summed E-state index contributed by atoms with van der Waals surface area (Å²) < 4.78 is 1.84. The Hall–Kier alpha value is -5.15. The summed E-state index contributed by atoms with van der Waals surface area (Å²) in [6, 6.07) is 10.9. The first-order chi connectivity index (χ1) is 37.1. The highest BCUT2D eigenvalue weighted by atomic mass is 79.9. The molecule has 0 bridgehead atoms. The van der Waals surface area contributed by atoms with Gasteiger partial charge in [-0.05, 0) is 124 Å². The zero-order chi connectivity index (χ0) is 55.8. The van der Waals surface area contributed by atoms with Crippen LogP contribution < -0.4 is 38.1 Å². The van der Waals surface area contributed by atoms with Gasteiger partial charge in [-0.15, -0.1) is 0 Å². The fraction of sp³-hybridized carbons (Fsp3) is 0.661. The number of aryl methyl sites for hydroxylation is 1. The van der Waals surface area contributed by atoms with Crippen LogP contribution in [0.15, 0.2) is 57.5 Å². The van der Waals surface area contributed by atoms with Crippen molar-refractivity contribution in [2.24, 2.45) is 23.3 Å². The topological polar surface area (TPSA) is 282 Å². The minimum absolute atomic E-state index is 0.00171. The van der Waals surface area contributed by atoms with Crippen LogP contribution in [-0.2, 0) is 27.2 Å². The van der Waals surface area contributed by atoms with Crippen LogP contribution in [0.25, 0.3) is 0 Å². The number of carboxylic acid groups (broad SMARTS) is 2. The van der Waals surface area contributed by atoms with Crippen molar-refractivity contribution in [3.63, 3.8) is 0 Å². The smallest absolute Gasteiger partial charge is 0.317 e. The van der Waals surface area contributed by atoms with E-state index in [1.807, 2.05) is 48.5 Å². The zero-order valence-corrected chi connectivity index (χ0v) is 48.3. The van der Waals surface area contributed by atoms with Gasteiger partial charge >= 0.3 is 36.1 Å². The highest BCUT2D eigenvalue weighted by Crippen LogP contribution is 2.27. The molecule has 0 radical (unpaired) electrons. The van der Waals surface area contributed by atoms with Crippen LogP contribution in [0.4, 0.5) is 19.2 Å². The lowest BCUT2D eigenvalue weighted by Crippen LogP contribution is -2.60. The predicted octanol–water partition coefficient (Wildman–Crippen LogP) is 8.50. The number of rotatable bonds is 35. The molecule has 3 atom stereocenters. The van der Waals surface area contributed by atoms with Crippen molar-refractivity contribution in [2.45, 2.75) is 166 Å². The number of unbranched alkanes of at least 4 members (excludes halogenated alkanes) is 1. The maximum Gasteiger partial charge on any atom is 0.317 e. The van der Waals surface area contributed by atoms with Crippen LogP contribution in [0.3, 0.4) is 0 Å². The molecule has 2 aliphatic rings. The van der Waals surface area contributed by atoms with E-state index < -0.39 is 60.1 Å². The Kier molecular flexibility index (Phi) is 30.8. The molecule has 21 heteroatoms. The Morgan fingerprint density at radius 1 is 0.571 bits per heavy atom. The number of halogens is 2. The van der Waals surface area contributed by atoms with Crippen molar-refractivity contribution in [1.29, 1.82) is 0 Å². The van der Waals surface area contributed by atoms with E-state index in [2.05, 4.69) is 58.4 Å². The summed E-state index contributed by atoms with van der Waals surface area (Å²) in [5.41, 5.74) is 13.7. The van der Waals surface area contributed by atoms with Crippen LogP contribution in [0, 0.1) is 11.8 Å². The van der Waals surface area contributed by atoms with E-state index in [9.17, 15) is 39.0 Å². The van der Waals surface area contributed by atoms with Gasteiger partial charge in [0.15, 0.2) is 0 Å². The van der Waals surface area contributed by atoms with Crippen molar-refractivity contribution in [1.82, 2.24) is 41.3 Å². The molecule has 2 fully saturated rings. The quantitative estimate of drug-likeness (QED) is 0.0297. The molecule has 0 spiro atoms. The molecule has 0 aromatic heterocycles. The normalized spacial score (nSPS) is 15.1. The van der Waals surface area contributed by atoms with Gasteiger partial charge < -0.3 is 63.0 Å². The first-order valence-corrected chi connectivity index (χ1v) is 29.8. The molecule has 430 valence electrons. The monoisotopic (exact) mass is 1200 g/mol. The maximum atomic E-state index is 15.0. The SMILES string of the molecule is NCCCCC(CN(C(=O)NCCc1ccc(Br)cc1)C(CCC(=O)O)CN(CCC(N)=O)C(=O)NCCCc1ccc(Br)cc1)N(CC(CCC(=O)O)NC(=O)NCC1CCCCC1)C(=O)NCCCC1CCCCC1. The Morgan fingerprint density at radius 3 is 1.70 bits per heavy atom. The van der Waals surface area contributed by atoms with E-state index in [0.717, 1.165) is 77.9 Å². The van der Waals surface area contributed by atoms with Crippen LogP contribution in [0.1, 0.15) is 146 Å². The second-order valence-corrected chi connectivity index (χ2v) is 22.8. The molecule has 4 rings (SSSR count). The van der Waals surface area contributed by atoms with Gasteiger partial charge in [0.1, 0.15) is 0 Å². The molecule has 77 heavy (non-hydrogen) atoms. The predicted molar refractivity (Wildman–Crippen MR) is 306 cm³/mol. The molecule has 3 unspecified atom stereocenters. The third-order valence-electron chi connectivity index (χ3n) is 14.8. The summed E-state index contributed by atoms with van der Waals surface area (Å²) in [4.78, 5) is 99.1. The van der Waals surface area contributed by atoms with E-state index in [-0.39, 0.29) is 71.4 Å². The first-order valence-electron chi connectivity index (χ1n) is 28.2. The first kappa shape index (κ1) is 64.4. The largest absolute Gasteiger partial charge is 0.481 e. The summed E-state index contributed by atoms with van der Waals surface area (Å²) in [5, 5.41) is 35.2. The van der Waals surface area contributed by atoms with Crippen molar-refractivity contribution in [3.8, 4) is 0 Å². The minimum atomic E-state index is -1.13. The number of aliphatic carboxylic acids is 2. The average molecular weight is 1210 g/mol. The zero-order valence-electron chi connectivity index (χ0n) is 45.1. The third kappa shape index (κ3) is 26.8. The highest BCUT2D eigenvalue weighted by molar-refractivity contribution is 9.10. The molecular weight excluding hydrogens is 1120 g/mol. The van der Waals surface area contributed by atoms with E-state index in [0.29, 0.717) is 70.0 Å². The van der Waals surface area contributed by atoms with Crippen LogP contribution in [-0.4, -0.2) is 144 Å². The Labute approximate surface area is 473 Å². The second-order valence-electron chi connectivity index (χ2n) is 20.9. The van der Waals surface area contributed by atoms with Crippen LogP contribution in [0.2, 0.25) is 0 Å². The maximum absolute atomic E-state index is 15.0. The molecule has 2 aromatic rings. The number of hydrogen-bond acceptors (Lipinski definition) is 8. The van der Waals surface area contributed by atoms with Gasteiger partial charge in [-0.25, -0.2) is 19.2 Å². The molecule has 2 aliphatic carbocycles. The van der Waals surface area contributed by atoms with Gasteiger partial charge in [0, 0.05) is 86.6 Å². The van der Waals surface area contributed by atoms with Gasteiger partial charge in [-0.1, -0.05) is 114 Å². The number of benzene rings is 2. The minimum Gasteiger partial charge on any atom is -0.481 e. The number of nitrogens with one attached hydrogen (secondary N) is 5. The van der Waals surface area contributed by atoms with E-state index >= 15 is 4.79 Å². The summed E-state index contributed by atoms with van der Waals surface area (Å²) in [7, 11) is 0. The summed E-state index contributed by atoms with van der Waals surface area (Å²) >= 11 is 6.93. The standard InChI is InChI=1S/C56H88Br2N10O9/c57-45-22-18-42(19-23-45)16-10-33-61-54(75)66(36-31-50(60)69)39-49(27-29-52(72)73)68(56(77)63-35-30-43-20-24-46(58)25-21-43)40-48(17-7-8-32-59)67(55(76)62-34-9-15-41-11-3-1-4-12-41)38-47(26-28-51(70)71)65-53(74)64-37-44-13-5-2-6-14-44/h18-25,41,44,47-49H,1-17,26-40,59H2,(H2,60,69)(H,61,75)(H,62,76)(H,63,77)(H,70,71)(H,72,73)(H2,64,65,74). The average Bonchev–Trinajstić information content (AvgIpc) is 3.41. The molecule has 0 saturated heterocycles. The number of nitrogens with zero attached hydrogens (tertiary/aromatic N) is 3. The third-order valence-corrected chi connectivity index (χ3v) is 15.9. The Bertz CT molecular complexity index is 2090. The number of carboxylic acids is 2. The van der Waals surface area contributed by atoms with Crippen molar-refractivity contribution >= 4 is 73.8 Å². The second kappa shape index (κ2) is 36.9. The molecule has 0 heterocycles. The number of primary amides is 1. The fourth-order valence-corrected chi connectivity index (χ4v) is 10.9. The summed E-state index contributed by atoms with van der Waals surface area (Å²) in [6.07, 6.45) is 15.1. The van der Waals surface area contributed by atoms with Crippen molar-refractivity contribution in [3.05, 3.63) is 68.6 Å². The highest BCUT2D eigenvalue weighted by Gasteiger charge is 2.35. The van der Waals surface area contributed by atoms with E-state index in [4.69, 9.17) is 11.5 Å². The lowest BCUT2D eigenvalue weighted by atomic mass is 9.86. The lowest BCUT2D eigenvalue weighted by molar-refractivity contribution is -0.138. The molecule has 2 aromatic carbocycles. The van der Waals surface area contributed by atoms with Gasteiger partial charge in [-0.3, -0.25) is 14.4 Å². The van der Waals surface area contributed by atoms with E-state index in [1.165, 1.54) is 29.1 Å². The van der Waals surface area contributed by atoms with Crippen molar-refractivity contribution in [2.75, 3.05) is 58.9 Å². The molecule has 2 saturated carbocycles. The lowest BCUT2D eigenvalue weighted by Gasteiger charge is -2.41.